The van der Waals surface area contributed by atoms with E-state index in [1.165, 1.54) is 37.5 Å². The van der Waals surface area contributed by atoms with Gasteiger partial charge in [0.25, 0.3) is 0 Å². The molecule has 1 spiro atoms. The molecule has 0 unspecified atom stereocenters. The number of halogens is 2. The van der Waals surface area contributed by atoms with Crippen LogP contribution < -0.4 is 10.2 Å². The first-order valence-electron chi connectivity index (χ1n) is 7.14. The summed E-state index contributed by atoms with van der Waals surface area (Å²) >= 11 is 0. The van der Waals surface area contributed by atoms with Crippen molar-refractivity contribution in [2.24, 2.45) is 0 Å². The zero-order valence-electron chi connectivity index (χ0n) is 11.1. The Morgan fingerprint density at radius 2 is 1.89 bits per heavy atom. The van der Waals surface area contributed by atoms with Crippen LogP contribution in [-0.2, 0) is 0 Å². The summed E-state index contributed by atoms with van der Waals surface area (Å²) in [5.41, 5.74) is 0.515. The fourth-order valence-electron chi connectivity index (χ4n) is 3.45. The Kier molecular flexibility index (Phi) is 3.44. The number of piperazine rings is 1. The third-order valence-electron chi connectivity index (χ3n) is 4.43. The Morgan fingerprint density at radius 1 is 1.11 bits per heavy atom. The average Bonchev–Trinajstić information content (AvgIpc) is 2.42. The summed E-state index contributed by atoms with van der Waals surface area (Å²) in [6.45, 7) is 2.37. The molecule has 0 aromatic heterocycles. The molecular weight excluding hydrogens is 246 g/mol. The van der Waals surface area contributed by atoms with Crippen molar-refractivity contribution in [3.8, 4) is 0 Å². The number of benzene rings is 1. The molecule has 1 aliphatic carbocycles. The van der Waals surface area contributed by atoms with E-state index in [1.807, 2.05) is 4.90 Å². The largest absolute Gasteiger partial charge is 0.366 e. The second-order valence-corrected chi connectivity index (χ2v) is 5.79. The van der Waals surface area contributed by atoms with Gasteiger partial charge in [-0.3, -0.25) is 0 Å². The summed E-state index contributed by atoms with van der Waals surface area (Å²) in [7, 11) is 0. The highest BCUT2D eigenvalue weighted by atomic mass is 19.1. The van der Waals surface area contributed by atoms with E-state index in [4.69, 9.17) is 0 Å². The van der Waals surface area contributed by atoms with Crippen LogP contribution in [0.25, 0.3) is 0 Å². The molecule has 1 N–H and O–H groups in total. The minimum absolute atomic E-state index is 0.106. The van der Waals surface area contributed by atoms with Crippen LogP contribution in [-0.4, -0.2) is 25.2 Å². The lowest BCUT2D eigenvalue weighted by Crippen LogP contribution is -2.61. The van der Waals surface area contributed by atoms with Gasteiger partial charge in [0.2, 0.25) is 0 Å². The molecule has 2 aliphatic rings. The molecule has 1 saturated heterocycles. The van der Waals surface area contributed by atoms with Gasteiger partial charge in [-0.2, -0.15) is 0 Å². The number of nitrogens with zero attached hydrogens (tertiary/aromatic N) is 1. The first-order chi connectivity index (χ1) is 9.19. The normalized spacial score (nSPS) is 22.7. The SMILES string of the molecule is Fc1ccc(F)c(N2CCNC3(CCCCC3)C2)c1. The van der Waals surface area contributed by atoms with Crippen molar-refractivity contribution in [3.63, 3.8) is 0 Å². The fourth-order valence-corrected chi connectivity index (χ4v) is 3.45. The van der Waals surface area contributed by atoms with Crippen molar-refractivity contribution in [1.82, 2.24) is 5.32 Å². The van der Waals surface area contributed by atoms with Gasteiger partial charge in [-0.05, 0) is 25.0 Å². The van der Waals surface area contributed by atoms with Gasteiger partial charge in [0.1, 0.15) is 11.6 Å². The Balaban J connectivity index is 1.82. The standard InChI is InChI=1S/C15H20F2N2/c16-12-4-5-13(17)14(10-12)19-9-8-18-15(11-19)6-2-1-3-7-15/h4-5,10,18H,1-3,6-9,11H2. The van der Waals surface area contributed by atoms with E-state index in [0.717, 1.165) is 32.5 Å². The fraction of sp³-hybridized carbons (Fsp3) is 0.600. The highest BCUT2D eigenvalue weighted by Gasteiger charge is 2.36. The Hall–Kier alpha value is -1.16. The summed E-state index contributed by atoms with van der Waals surface area (Å²) < 4.78 is 27.2. The lowest BCUT2D eigenvalue weighted by molar-refractivity contribution is 0.215. The molecule has 3 rings (SSSR count). The minimum Gasteiger partial charge on any atom is -0.366 e. The molecule has 19 heavy (non-hydrogen) atoms. The van der Waals surface area contributed by atoms with Crippen LogP contribution in [0.4, 0.5) is 14.5 Å². The number of rotatable bonds is 1. The molecule has 2 fully saturated rings. The first-order valence-corrected chi connectivity index (χ1v) is 7.14. The van der Waals surface area contributed by atoms with Gasteiger partial charge < -0.3 is 10.2 Å². The van der Waals surface area contributed by atoms with Crippen LogP contribution in [0.3, 0.4) is 0 Å². The van der Waals surface area contributed by atoms with Crippen molar-refractivity contribution in [2.45, 2.75) is 37.6 Å². The maximum atomic E-state index is 13.9. The van der Waals surface area contributed by atoms with Crippen LogP contribution in [0.15, 0.2) is 18.2 Å². The van der Waals surface area contributed by atoms with Gasteiger partial charge in [0.05, 0.1) is 5.69 Å². The van der Waals surface area contributed by atoms with Crippen molar-refractivity contribution >= 4 is 5.69 Å². The van der Waals surface area contributed by atoms with Crippen molar-refractivity contribution in [2.75, 3.05) is 24.5 Å². The number of hydrogen-bond donors (Lipinski definition) is 1. The van der Waals surface area contributed by atoms with Gasteiger partial charge >= 0.3 is 0 Å². The van der Waals surface area contributed by atoms with E-state index < -0.39 is 0 Å². The molecule has 0 bridgehead atoms. The molecule has 1 saturated carbocycles. The number of nitrogens with one attached hydrogen (secondary N) is 1. The quantitative estimate of drug-likeness (QED) is 0.840. The third kappa shape index (κ3) is 2.59. The van der Waals surface area contributed by atoms with Crippen LogP contribution in [0, 0.1) is 11.6 Å². The summed E-state index contributed by atoms with van der Waals surface area (Å²) in [6.07, 6.45) is 6.03. The Labute approximate surface area is 112 Å². The van der Waals surface area contributed by atoms with E-state index >= 15 is 0 Å². The van der Waals surface area contributed by atoms with Gasteiger partial charge in [-0.1, -0.05) is 19.3 Å². The van der Waals surface area contributed by atoms with Crippen LogP contribution in [0.5, 0.6) is 0 Å². The van der Waals surface area contributed by atoms with Gasteiger partial charge in [0, 0.05) is 31.2 Å². The molecule has 1 aliphatic heterocycles. The molecule has 1 aromatic rings. The Bertz CT molecular complexity index is 450. The van der Waals surface area contributed by atoms with E-state index in [-0.39, 0.29) is 17.2 Å². The number of hydrogen-bond acceptors (Lipinski definition) is 2. The van der Waals surface area contributed by atoms with Crippen LogP contribution in [0.1, 0.15) is 32.1 Å². The van der Waals surface area contributed by atoms with Crippen molar-refractivity contribution in [1.29, 1.82) is 0 Å². The van der Waals surface area contributed by atoms with E-state index in [2.05, 4.69) is 5.32 Å². The Morgan fingerprint density at radius 3 is 2.68 bits per heavy atom. The lowest BCUT2D eigenvalue weighted by atomic mass is 9.80. The lowest BCUT2D eigenvalue weighted by Gasteiger charge is -2.47. The molecule has 4 heteroatoms. The highest BCUT2D eigenvalue weighted by Crippen LogP contribution is 2.33. The predicted octanol–water partition coefficient (Wildman–Crippen LogP) is 3.08. The monoisotopic (exact) mass is 266 g/mol. The molecule has 104 valence electrons. The molecule has 0 atom stereocenters. The van der Waals surface area contributed by atoms with Crippen LogP contribution in [0.2, 0.25) is 0 Å². The zero-order chi connectivity index (χ0) is 13.3. The molecule has 0 radical (unpaired) electrons. The summed E-state index contributed by atoms with van der Waals surface area (Å²) in [5.74, 6) is -0.693. The number of anilines is 1. The molecule has 1 heterocycles. The first kappa shape index (κ1) is 12.9. The van der Waals surface area contributed by atoms with Gasteiger partial charge in [-0.25, -0.2) is 8.78 Å². The highest BCUT2D eigenvalue weighted by molar-refractivity contribution is 5.49. The maximum absolute atomic E-state index is 13.9. The molecule has 1 aromatic carbocycles. The smallest absolute Gasteiger partial charge is 0.146 e. The molecule has 0 amide bonds. The van der Waals surface area contributed by atoms with E-state index in [9.17, 15) is 8.78 Å². The topological polar surface area (TPSA) is 15.3 Å². The van der Waals surface area contributed by atoms with Gasteiger partial charge in [-0.15, -0.1) is 0 Å². The zero-order valence-corrected chi connectivity index (χ0v) is 11.1. The summed E-state index contributed by atoms with van der Waals surface area (Å²) in [5, 5.41) is 3.61. The van der Waals surface area contributed by atoms with Crippen molar-refractivity contribution < 1.29 is 8.78 Å². The average molecular weight is 266 g/mol. The minimum atomic E-state index is -0.368. The van der Waals surface area contributed by atoms with E-state index in [0.29, 0.717) is 5.69 Å². The third-order valence-corrected chi connectivity index (χ3v) is 4.43. The van der Waals surface area contributed by atoms with Gasteiger partial charge in [0.15, 0.2) is 0 Å². The summed E-state index contributed by atoms with van der Waals surface area (Å²) in [4.78, 5) is 2.00. The molecule has 2 nitrogen and oxygen atoms in total. The second kappa shape index (κ2) is 5.08. The predicted molar refractivity (Wildman–Crippen MR) is 72.4 cm³/mol. The molecular formula is C15H20F2N2. The summed E-state index contributed by atoms with van der Waals surface area (Å²) in [6, 6.07) is 3.72. The van der Waals surface area contributed by atoms with Crippen LogP contribution >= 0.6 is 0 Å². The second-order valence-electron chi connectivity index (χ2n) is 5.79. The van der Waals surface area contributed by atoms with E-state index in [1.54, 1.807) is 0 Å². The maximum Gasteiger partial charge on any atom is 0.146 e. The van der Waals surface area contributed by atoms with Crippen molar-refractivity contribution in [3.05, 3.63) is 29.8 Å².